The van der Waals surface area contributed by atoms with E-state index >= 15 is 0 Å². The van der Waals surface area contributed by atoms with Crippen LogP contribution in [0.25, 0.3) is 0 Å². The van der Waals surface area contributed by atoms with Gasteiger partial charge in [0.15, 0.2) is 6.10 Å². The Morgan fingerprint density at radius 1 is 0.317 bits per heavy atom. The van der Waals surface area contributed by atoms with Gasteiger partial charge in [0.25, 0.3) is 0 Å². The van der Waals surface area contributed by atoms with Crippen LogP contribution in [0.4, 0.5) is 0 Å². The van der Waals surface area contributed by atoms with Crippen LogP contribution in [0.1, 0.15) is 298 Å². The fourth-order valence-electron chi connectivity index (χ4n) is 8.17. The van der Waals surface area contributed by atoms with Gasteiger partial charge >= 0.3 is 17.9 Å². The van der Waals surface area contributed by atoms with Crippen molar-refractivity contribution in [2.24, 2.45) is 11.8 Å². The Morgan fingerprint density at radius 3 is 0.817 bits per heavy atom. The van der Waals surface area contributed by atoms with Gasteiger partial charge in [-0.3, -0.25) is 14.4 Å². The van der Waals surface area contributed by atoms with E-state index in [9.17, 15) is 14.4 Å². The van der Waals surface area contributed by atoms with Crippen LogP contribution in [-0.2, 0) is 28.6 Å². The lowest BCUT2D eigenvalue weighted by molar-refractivity contribution is -0.167. The predicted octanol–water partition coefficient (Wildman–Crippen LogP) is 17.3. The summed E-state index contributed by atoms with van der Waals surface area (Å²) in [5.74, 6) is 0.752. The fraction of sp³-hybridized carbons (Fsp3) is 0.944. The summed E-state index contributed by atoms with van der Waals surface area (Å²) >= 11 is 0. The van der Waals surface area contributed by atoms with Gasteiger partial charge in [-0.2, -0.15) is 0 Å². The number of hydrogen-bond acceptors (Lipinski definition) is 6. The molecule has 0 aliphatic heterocycles. The monoisotopic (exact) mass is 849 g/mol. The first-order valence-electron chi connectivity index (χ1n) is 26.7. The van der Waals surface area contributed by atoms with Crippen molar-refractivity contribution >= 4 is 17.9 Å². The zero-order valence-electron chi connectivity index (χ0n) is 41.1. The van der Waals surface area contributed by atoms with E-state index < -0.39 is 6.10 Å². The third-order valence-electron chi connectivity index (χ3n) is 12.2. The second kappa shape index (κ2) is 46.9. The lowest BCUT2D eigenvalue weighted by Gasteiger charge is -2.18. The summed E-state index contributed by atoms with van der Waals surface area (Å²) in [6.45, 7) is 11.3. The smallest absolute Gasteiger partial charge is 0.306 e. The average Bonchev–Trinajstić information content (AvgIpc) is 3.22. The Kier molecular flexibility index (Phi) is 45.7. The van der Waals surface area contributed by atoms with E-state index in [4.69, 9.17) is 14.2 Å². The molecule has 0 aromatic rings. The maximum atomic E-state index is 12.8. The number of hydrogen-bond donors (Lipinski definition) is 0. The molecule has 60 heavy (non-hydrogen) atoms. The van der Waals surface area contributed by atoms with Crippen molar-refractivity contribution in [3.8, 4) is 0 Å². The Bertz CT molecular complexity index is 916. The Balaban J connectivity index is 4.24. The van der Waals surface area contributed by atoms with E-state index in [1.54, 1.807) is 0 Å². The SMILES string of the molecule is CCCCCCCCCCCCCCCCCCCCCC(=O)OC[C@@H](COC(=O)CCCCCCCCCCC(C)C)OC(=O)CCCCCCCCCCCC(C)C. The van der Waals surface area contributed by atoms with Crippen molar-refractivity contribution in [3.05, 3.63) is 0 Å². The average molecular weight is 849 g/mol. The molecule has 0 saturated heterocycles. The molecule has 6 heteroatoms. The van der Waals surface area contributed by atoms with E-state index in [1.807, 2.05) is 0 Å². The van der Waals surface area contributed by atoms with Crippen molar-refractivity contribution < 1.29 is 28.6 Å². The molecule has 0 unspecified atom stereocenters. The molecule has 0 bridgehead atoms. The van der Waals surface area contributed by atoms with Crippen LogP contribution in [0.15, 0.2) is 0 Å². The second-order valence-electron chi connectivity index (χ2n) is 19.5. The zero-order valence-corrected chi connectivity index (χ0v) is 41.1. The molecule has 0 saturated carbocycles. The minimum atomic E-state index is -0.762. The van der Waals surface area contributed by atoms with E-state index in [1.165, 1.54) is 186 Å². The minimum Gasteiger partial charge on any atom is -0.462 e. The zero-order chi connectivity index (χ0) is 44.0. The Labute approximate surface area is 374 Å². The molecule has 0 N–H and O–H groups in total. The summed E-state index contributed by atoms with van der Waals surface area (Å²) in [5.41, 5.74) is 0. The van der Waals surface area contributed by atoms with Crippen LogP contribution in [0.2, 0.25) is 0 Å². The number of rotatable bonds is 48. The van der Waals surface area contributed by atoms with Gasteiger partial charge in [0.2, 0.25) is 0 Å². The standard InChI is InChI=1S/C54H104O6/c1-6-7-8-9-10-11-12-13-14-15-16-17-18-19-20-23-29-34-39-44-52(55)58-47-51(48-59-53(56)45-40-35-30-26-25-28-33-38-43-50(4)5)60-54(57)46-41-36-31-24-21-22-27-32-37-42-49(2)3/h49-51H,6-48H2,1-5H3/t51-/m0/s1. The first-order valence-corrected chi connectivity index (χ1v) is 26.7. The normalized spacial score (nSPS) is 12.1. The summed E-state index contributed by atoms with van der Waals surface area (Å²) in [4.78, 5) is 37.9. The molecule has 0 aliphatic carbocycles. The van der Waals surface area contributed by atoms with Crippen molar-refractivity contribution in [2.75, 3.05) is 13.2 Å². The van der Waals surface area contributed by atoms with E-state index in [0.29, 0.717) is 19.3 Å². The third kappa shape index (κ3) is 47.5. The van der Waals surface area contributed by atoms with Crippen molar-refractivity contribution in [1.29, 1.82) is 0 Å². The molecule has 0 spiro atoms. The molecule has 0 aromatic carbocycles. The molecule has 0 fully saturated rings. The molecule has 0 aliphatic rings. The molecule has 0 radical (unpaired) electrons. The summed E-state index contributed by atoms with van der Waals surface area (Å²) < 4.78 is 16.8. The summed E-state index contributed by atoms with van der Waals surface area (Å²) in [6.07, 6.45) is 48.2. The molecule has 0 aromatic heterocycles. The van der Waals surface area contributed by atoms with Crippen LogP contribution in [0.5, 0.6) is 0 Å². The Hall–Kier alpha value is -1.59. The lowest BCUT2D eigenvalue weighted by Crippen LogP contribution is -2.30. The first-order chi connectivity index (χ1) is 29.2. The molecule has 1 atom stereocenters. The highest BCUT2D eigenvalue weighted by Crippen LogP contribution is 2.17. The number of esters is 3. The topological polar surface area (TPSA) is 78.9 Å². The fourth-order valence-corrected chi connectivity index (χ4v) is 8.17. The number of carbonyl (C=O) groups excluding carboxylic acids is 3. The molecule has 6 nitrogen and oxygen atoms in total. The third-order valence-corrected chi connectivity index (χ3v) is 12.2. The summed E-state index contributed by atoms with van der Waals surface area (Å²) in [7, 11) is 0. The maximum absolute atomic E-state index is 12.8. The minimum absolute atomic E-state index is 0.0642. The maximum Gasteiger partial charge on any atom is 0.306 e. The van der Waals surface area contributed by atoms with Crippen molar-refractivity contribution in [2.45, 2.75) is 304 Å². The Morgan fingerprint density at radius 2 is 0.550 bits per heavy atom. The second-order valence-corrected chi connectivity index (χ2v) is 19.5. The highest BCUT2D eigenvalue weighted by molar-refractivity contribution is 5.71. The quantitative estimate of drug-likeness (QED) is 0.0345. The molecule has 0 amide bonds. The van der Waals surface area contributed by atoms with Gasteiger partial charge in [-0.15, -0.1) is 0 Å². The van der Waals surface area contributed by atoms with E-state index in [-0.39, 0.29) is 31.1 Å². The van der Waals surface area contributed by atoms with E-state index in [0.717, 1.165) is 69.6 Å². The predicted molar refractivity (Wildman–Crippen MR) is 256 cm³/mol. The van der Waals surface area contributed by atoms with Crippen LogP contribution < -0.4 is 0 Å². The molecule has 0 heterocycles. The van der Waals surface area contributed by atoms with Crippen LogP contribution >= 0.6 is 0 Å². The van der Waals surface area contributed by atoms with E-state index in [2.05, 4.69) is 34.6 Å². The van der Waals surface area contributed by atoms with Gasteiger partial charge in [-0.1, -0.05) is 259 Å². The highest BCUT2D eigenvalue weighted by Gasteiger charge is 2.19. The van der Waals surface area contributed by atoms with Crippen LogP contribution in [-0.4, -0.2) is 37.2 Å². The number of carbonyl (C=O) groups is 3. The van der Waals surface area contributed by atoms with Crippen molar-refractivity contribution in [3.63, 3.8) is 0 Å². The summed E-state index contributed by atoms with van der Waals surface area (Å²) in [5, 5.41) is 0. The number of unbranched alkanes of at least 4 members (excludes halogenated alkanes) is 33. The van der Waals surface area contributed by atoms with Gasteiger partial charge in [0.05, 0.1) is 0 Å². The molecule has 0 rings (SSSR count). The lowest BCUT2D eigenvalue weighted by atomic mass is 10.0. The van der Waals surface area contributed by atoms with Gasteiger partial charge in [-0.05, 0) is 31.1 Å². The number of ether oxygens (including phenoxy) is 3. The van der Waals surface area contributed by atoms with Crippen molar-refractivity contribution in [1.82, 2.24) is 0 Å². The van der Waals surface area contributed by atoms with Gasteiger partial charge in [-0.25, -0.2) is 0 Å². The molecule has 356 valence electrons. The summed E-state index contributed by atoms with van der Waals surface area (Å²) in [6, 6.07) is 0. The van der Waals surface area contributed by atoms with Gasteiger partial charge in [0, 0.05) is 19.3 Å². The highest BCUT2D eigenvalue weighted by atomic mass is 16.6. The molecular weight excluding hydrogens is 745 g/mol. The molecular formula is C54H104O6. The largest absolute Gasteiger partial charge is 0.462 e. The van der Waals surface area contributed by atoms with Gasteiger partial charge in [0.1, 0.15) is 13.2 Å². The van der Waals surface area contributed by atoms with Gasteiger partial charge < -0.3 is 14.2 Å². The van der Waals surface area contributed by atoms with Crippen LogP contribution in [0, 0.1) is 11.8 Å². The first kappa shape index (κ1) is 58.4. The van der Waals surface area contributed by atoms with Crippen LogP contribution in [0.3, 0.4) is 0 Å².